The lowest BCUT2D eigenvalue weighted by molar-refractivity contribution is -0.0921. The van der Waals surface area contributed by atoms with Crippen LogP contribution >= 0.6 is 0 Å². The molecule has 0 radical (unpaired) electrons. The Labute approximate surface area is 94.1 Å². The molecular formula is C12H27NO2. The van der Waals surface area contributed by atoms with E-state index in [2.05, 4.69) is 25.7 Å². The van der Waals surface area contributed by atoms with Gasteiger partial charge in [-0.25, -0.2) is 0 Å². The molecule has 0 spiro atoms. The Kier molecular flexibility index (Phi) is 8.02. The minimum atomic E-state index is -1.18. The maximum atomic E-state index is 9.18. The molecule has 0 aliphatic rings. The van der Waals surface area contributed by atoms with Gasteiger partial charge in [-0.3, -0.25) is 0 Å². The minimum Gasteiger partial charge on any atom is -0.368 e. The summed E-state index contributed by atoms with van der Waals surface area (Å²) < 4.78 is 0. The molecule has 0 aromatic rings. The van der Waals surface area contributed by atoms with Crippen LogP contribution in [0.25, 0.3) is 0 Å². The first kappa shape index (κ1) is 14.9. The molecule has 0 fully saturated rings. The van der Waals surface area contributed by atoms with Gasteiger partial charge in [0.15, 0.2) is 6.29 Å². The van der Waals surface area contributed by atoms with Crippen molar-refractivity contribution >= 4 is 0 Å². The summed E-state index contributed by atoms with van der Waals surface area (Å²) >= 11 is 0. The third-order valence-electron chi connectivity index (χ3n) is 3.15. The fourth-order valence-electron chi connectivity index (χ4n) is 1.67. The van der Waals surface area contributed by atoms with Crippen LogP contribution in [-0.2, 0) is 0 Å². The molecule has 2 unspecified atom stereocenters. The van der Waals surface area contributed by atoms with Crippen LogP contribution in [0, 0.1) is 11.8 Å². The highest BCUT2D eigenvalue weighted by atomic mass is 16.5. The zero-order valence-electron chi connectivity index (χ0n) is 10.6. The zero-order valence-corrected chi connectivity index (χ0v) is 10.6. The average Bonchev–Trinajstić information content (AvgIpc) is 2.22. The number of hydrogen-bond donors (Lipinski definition) is 2. The molecule has 2 N–H and O–H groups in total. The maximum absolute atomic E-state index is 9.18. The summed E-state index contributed by atoms with van der Waals surface area (Å²) in [6.07, 6.45) is 0.810. The number of aliphatic hydroxyl groups excluding tert-OH is 1. The van der Waals surface area contributed by atoms with Gasteiger partial charge >= 0.3 is 0 Å². The predicted molar refractivity (Wildman–Crippen MR) is 63.6 cm³/mol. The molecule has 0 aromatic heterocycles. The molecule has 92 valence electrons. The zero-order chi connectivity index (χ0) is 11.8. The van der Waals surface area contributed by atoms with E-state index in [-0.39, 0.29) is 5.92 Å². The van der Waals surface area contributed by atoms with E-state index in [1.807, 2.05) is 6.92 Å². The largest absolute Gasteiger partial charge is 0.368 e. The molecule has 2 atom stereocenters. The van der Waals surface area contributed by atoms with Crippen molar-refractivity contribution in [3.8, 4) is 0 Å². The lowest BCUT2D eigenvalue weighted by Crippen LogP contribution is -2.37. The van der Waals surface area contributed by atoms with Crippen LogP contribution in [0.4, 0.5) is 0 Å². The maximum Gasteiger partial charge on any atom is 0.155 e. The van der Waals surface area contributed by atoms with Crippen LogP contribution in [0.1, 0.15) is 40.5 Å². The SMILES string of the molecule is CCC(C)CN(CC)CC(CC)C(O)O. The topological polar surface area (TPSA) is 43.7 Å². The number of hydrogen-bond acceptors (Lipinski definition) is 3. The summed E-state index contributed by atoms with van der Waals surface area (Å²) in [6.45, 7) is 11.4. The standard InChI is InChI=1S/C12H27NO2/c1-5-10(4)8-13(7-3)9-11(6-2)12(14)15/h10-12,14-15H,5-9H2,1-4H3. The van der Waals surface area contributed by atoms with Crippen molar-refractivity contribution in [1.82, 2.24) is 4.90 Å². The molecule has 0 aromatic carbocycles. The van der Waals surface area contributed by atoms with Gasteiger partial charge in [0.25, 0.3) is 0 Å². The van der Waals surface area contributed by atoms with E-state index in [9.17, 15) is 10.2 Å². The van der Waals surface area contributed by atoms with Crippen molar-refractivity contribution in [2.24, 2.45) is 11.8 Å². The lowest BCUT2D eigenvalue weighted by atomic mass is 10.0. The van der Waals surface area contributed by atoms with E-state index >= 15 is 0 Å². The molecule has 3 heteroatoms. The normalized spacial score (nSPS) is 16.0. The first-order valence-corrected chi connectivity index (χ1v) is 6.13. The molecule has 0 aliphatic heterocycles. The highest BCUT2D eigenvalue weighted by molar-refractivity contribution is 4.67. The Morgan fingerprint density at radius 3 is 1.93 bits per heavy atom. The Morgan fingerprint density at radius 2 is 1.60 bits per heavy atom. The quantitative estimate of drug-likeness (QED) is 0.608. The highest BCUT2D eigenvalue weighted by Crippen LogP contribution is 2.12. The van der Waals surface area contributed by atoms with Crippen molar-refractivity contribution in [1.29, 1.82) is 0 Å². The molecule has 15 heavy (non-hydrogen) atoms. The third kappa shape index (κ3) is 6.13. The van der Waals surface area contributed by atoms with E-state index in [1.165, 1.54) is 6.42 Å². The monoisotopic (exact) mass is 217 g/mol. The summed E-state index contributed by atoms with van der Waals surface area (Å²) in [5, 5.41) is 18.4. The second kappa shape index (κ2) is 8.08. The van der Waals surface area contributed by atoms with Gasteiger partial charge in [0.2, 0.25) is 0 Å². The average molecular weight is 217 g/mol. The van der Waals surface area contributed by atoms with Crippen LogP contribution < -0.4 is 0 Å². The van der Waals surface area contributed by atoms with Gasteiger partial charge < -0.3 is 15.1 Å². The number of nitrogens with zero attached hydrogens (tertiary/aromatic N) is 1. The predicted octanol–water partition coefficient (Wildman–Crippen LogP) is 1.69. The van der Waals surface area contributed by atoms with Crippen LogP contribution in [0.3, 0.4) is 0 Å². The van der Waals surface area contributed by atoms with Gasteiger partial charge in [-0.15, -0.1) is 0 Å². The van der Waals surface area contributed by atoms with Crippen LogP contribution in [0.5, 0.6) is 0 Å². The van der Waals surface area contributed by atoms with E-state index in [1.54, 1.807) is 0 Å². The van der Waals surface area contributed by atoms with Crippen molar-refractivity contribution in [2.75, 3.05) is 19.6 Å². The molecule has 0 saturated heterocycles. The summed E-state index contributed by atoms with van der Waals surface area (Å²) in [7, 11) is 0. The second-order valence-corrected chi connectivity index (χ2v) is 4.45. The molecule has 0 heterocycles. The number of aliphatic hydroxyl groups is 2. The van der Waals surface area contributed by atoms with Crippen LogP contribution in [-0.4, -0.2) is 41.0 Å². The van der Waals surface area contributed by atoms with Crippen molar-refractivity contribution < 1.29 is 10.2 Å². The van der Waals surface area contributed by atoms with Crippen LogP contribution in [0.15, 0.2) is 0 Å². The summed E-state index contributed by atoms with van der Waals surface area (Å²) in [5.41, 5.74) is 0. The summed E-state index contributed by atoms with van der Waals surface area (Å²) in [4.78, 5) is 2.31. The van der Waals surface area contributed by atoms with E-state index in [4.69, 9.17) is 0 Å². The lowest BCUT2D eigenvalue weighted by Gasteiger charge is -2.28. The Balaban J connectivity index is 4.06. The molecule has 0 aliphatic carbocycles. The minimum absolute atomic E-state index is 0.0194. The van der Waals surface area contributed by atoms with Gasteiger partial charge in [0.05, 0.1) is 0 Å². The summed E-state index contributed by atoms with van der Waals surface area (Å²) in [6, 6.07) is 0. The smallest absolute Gasteiger partial charge is 0.155 e. The summed E-state index contributed by atoms with van der Waals surface area (Å²) in [5.74, 6) is 0.660. The second-order valence-electron chi connectivity index (χ2n) is 4.45. The fourth-order valence-corrected chi connectivity index (χ4v) is 1.67. The Hall–Kier alpha value is -0.120. The van der Waals surface area contributed by atoms with Gasteiger partial charge in [0, 0.05) is 19.0 Å². The first-order valence-electron chi connectivity index (χ1n) is 6.13. The van der Waals surface area contributed by atoms with Gasteiger partial charge in [-0.2, -0.15) is 0 Å². The van der Waals surface area contributed by atoms with E-state index in [0.717, 1.165) is 26.1 Å². The van der Waals surface area contributed by atoms with Crippen molar-refractivity contribution in [3.05, 3.63) is 0 Å². The molecule has 0 amide bonds. The highest BCUT2D eigenvalue weighted by Gasteiger charge is 2.18. The number of rotatable bonds is 8. The molecule has 0 bridgehead atoms. The Bertz CT molecular complexity index is 151. The first-order chi connectivity index (χ1) is 7.04. The molecular weight excluding hydrogens is 190 g/mol. The molecule has 3 nitrogen and oxygen atoms in total. The molecule has 0 rings (SSSR count). The van der Waals surface area contributed by atoms with Crippen LogP contribution in [0.2, 0.25) is 0 Å². The van der Waals surface area contributed by atoms with E-state index < -0.39 is 6.29 Å². The Morgan fingerprint density at radius 1 is 1.00 bits per heavy atom. The molecule has 0 saturated carbocycles. The third-order valence-corrected chi connectivity index (χ3v) is 3.15. The van der Waals surface area contributed by atoms with Gasteiger partial charge in [-0.1, -0.05) is 34.1 Å². The fraction of sp³-hybridized carbons (Fsp3) is 1.00. The van der Waals surface area contributed by atoms with Crippen molar-refractivity contribution in [2.45, 2.75) is 46.8 Å². The van der Waals surface area contributed by atoms with E-state index in [0.29, 0.717) is 5.92 Å². The van der Waals surface area contributed by atoms with Crippen molar-refractivity contribution in [3.63, 3.8) is 0 Å². The van der Waals surface area contributed by atoms with Gasteiger partial charge in [-0.05, 0) is 18.9 Å². The van der Waals surface area contributed by atoms with Gasteiger partial charge in [0.1, 0.15) is 0 Å².